The molecule has 1 saturated heterocycles. The summed E-state index contributed by atoms with van der Waals surface area (Å²) in [6.07, 6.45) is 4.38. The highest BCUT2D eigenvalue weighted by atomic mass is 16.8. The molecule has 0 aliphatic carbocycles. The Morgan fingerprint density at radius 1 is 1.30 bits per heavy atom. The van der Waals surface area contributed by atoms with Crippen molar-refractivity contribution in [3.63, 3.8) is 0 Å². The number of pyridine rings is 2. The molecule has 2 atom stereocenters. The van der Waals surface area contributed by atoms with Gasteiger partial charge in [0.25, 0.3) is 0 Å². The van der Waals surface area contributed by atoms with Crippen LogP contribution in [-0.2, 0) is 9.57 Å². The van der Waals surface area contributed by atoms with Gasteiger partial charge in [-0.1, -0.05) is 0 Å². The van der Waals surface area contributed by atoms with Crippen molar-refractivity contribution in [2.75, 3.05) is 24.6 Å². The molecule has 1 aliphatic heterocycles. The number of nitrogens with one attached hydrogen (secondary N) is 2. The van der Waals surface area contributed by atoms with E-state index in [2.05, 4.69) is 25.8 Å². The van der Waals surface area contributed by atoms with Gasteiger partial charge in [-0.15, -0.1) is 10.6 Å². The maximum absolute atomic E-state index is 11.8. The lowest BCUT2D eigenvalue weighted by Gasteiger charge is -2.36. The molecule has 12 nitrogen and oxygen atoms in total. The van der Waals surface area contributed by atoms with E-state index in [-0.39, 0.29) is 0 Å². The van der Waals surface area contributed by atoms with Crippen LogP contribution in [0.1, 0.15) is 34.1 Å². The van der Waals surface area contributed by atoms with Crippen molar-refractivity contribution in [1.29, 1.82) is 0 Å². The summed E-state index contributed by atoms with van der Waals surface area (Å²) in [5.41, 5.74) is 5.42. The van der Waals surface area contributed by atoms with Gasteiger partial charge in [-0.2, -0.15) is 5.10 Å². The molecule has 0 unspecified atom stereocenters. The number of rotatable bonds is 6. The minimum Gasteiger partial charge on any atom is -0.492 e. The lowest BCUT2D eigenvalue weighted by molar-refractivity contribution is -0.0549. The van der Waals surface area contributed by atoms with Crippen LogP contribution in [0, 0.1) is 0 Å². The first-order chi connectivity index (χ1) is 17.7. The first kappa shape index (κ1) is 24.8. The number of carbonyl (C=O) groups excluding carboxylic acids is 1. The van der Waals surface area contributed by atoms with Gasteiger partial charge in [-0.3, -0.25) is 5.10 Å². The number of anilines is 1. The molecule has 12 heteroatoms. The van der Waals surface area contributed by atoms with Crippen LogP contribution in [0.2, 0.25) is 0 Å². The molecule has 0 saturated carbocycles. The predicted octanol–water partition coefficient (Wildman–Crippen LogP) is 3.07. The SMILES string of the molecule is CCOc1cc(-c2ccc(N3CC[C@H](NOC(=O)OC(C)(C)C)[C@H](O)C3)nc2)c2c3cn[nH]c3nn2c1. The van der Waals surface area contributed by atoms with Crippen molar-refractivity contribution < 1.29 is 24.2 Å². The number of fused-ring (bicyclic) bond motifs is 3. The third-order valence-electron chi connectivity index (χ3n) is 6.06. The van der Waals surface area contributed by atoms with Crippen molar-refractivity contribution in [3.05, 3.63) is 36.8 Å². The maximum atomic E-state index is 11.8. The van der Waals surface area contributed by atoms with Crippen LogP contribution in [0.15, 0.2) is 36.8 Å². The van der Waals surface area contributed by atoms with Crippen LogP contribution in [0.5, 0.6) is 5.75 Å². The van der Waals surface area contributed by atoms with Crippen molar-refractivity contribution in [2.24, 2.45) is 0 Å². The molecular formula is C25H31N7O5. The van der Waals surface area contributed by atoms with E-state index in [0.717, 1.165) is 27.8 Å². The number of aliphatic hydroxyl groups excluding tert-OH is 1. The van der Waals surface area contributed by atoms with Crippen LogP contribution < -0.4 is 15.1 Å². The fourth-order valence-electron chi connectivity index (χ4n) is 4.41. The normalized spacial score (nSPS) is 18.4. The van der Waals surface area contributed by atoms with Crippen LogP contribution in [0.4, 0.5) is 10.6 Å². The Morgan fingerprint density at radius 3 is 2.84 bits per heavy atom. The highest BCUT2D eigenvalue weighted by molar-refractivity contribution is 6.00. The third kappa shape index (κ3) is 5.30. The molecule has 0 radical (unpaired) electrons. The molecule has 5 rings (SSSR count). The van der Waals surface area contributed by atoms with Crippen molar-refractivity contribution in [3.8, 4) is 16.9 Å². The van der Waals surface area contributed by atoms with Gasteiger partial charge in [0.15, 0.2) is 5.65 Å². The zero-order valence-electron chi connectivity index (χ0n) is 21.3. The summed E-state index contributed by atoms with van der Waals surface area (Å²) in [6.45, 7) is 8.71. The highest BCUT2D eigenvalue weighted by Crippen LogP contribution is 2.33. The van der Waals surface area contributed by atoms with E-state index in [4.69, 9.17) is 14.3 Å². The summed E-state index contributed by atoms with van der Waals surface area (Å²) in [4.78, 5) is 23.5. The lowest BCUT2D eigenvalue weighted by atomic mass is 10.0. The molecule has 5 heterocycles. The van der Waals surface area contributed by atoms with E-state index in [1.807, 2.05) is 42.4 Å². The van der Waals surface area contributed by atoms with Gasteiger partial charge in [-0.05, 0) is 52.3 Å². The number of hydroxylamine groups is 1. The van der Waals surface area contributed by atoms with Crippen LogP contribution >= 0.6 is 0 Å². The molecular weight excluding hydrogens is 478 g/mol. The smallest absolute Gasteiger partial charge is 0.492 e. The summed E-state index contributed by atoms with van der Waals surface area (Å²) in [5.74, 6) is 1.45. The quantitative estimate of drug-likeness (QED) is 0.262. The van der Waals surface area contributed by atoms with Gasteiger partial charge in [-0.25, -0.2) is 14.3 Å². The molecule has 0 amide bonds. The number of aliphatic hydroxyl groups is 1. The van der Waals surface area contributed by atoms with Crippen LogP contribution in [0.25, 0.3) is 27.7 Å². The third-order valence-corrected chi connectivity index (χ3v) is 6.06. The monoisotopic (exact) mass is 509 g/mol. The number of H-pyrrole nitrogens is 1. The number of hydrogen-bond donors (Lipinski definition) is 3. The van der Waals surface area contributed by atoms with E-state index in [1.165, 1.54) is 0 Å². The maximum Gasteiger partial charge on any atom is 0.528 e. The summed E-state index contributed by atoms with van der Waals surface area (Å²) in [6, 6.07) is 5.50. The Bertz CT molecular complexity index is 1390. The minimum absolute atomic E-state index is 0.337. The Morgan fingerprint density at radius 2 is 2.14 bits per heavy atom. The zero-order valence-corrected chi connectivity index (χ0v) is 21.3. The number of carbonyl (C=O) groups is 1. The second-order valence-corrected chi connectivity index (χ2v) is 9.95. The number of β-amino-alcohol motifs (C(OH)–C–C–N with tert-alkyl or cyclic N) is 1. The number of piperidine rings is 1. The molecule has 0 spiro atoms. The van der Waals surface area contributed by atoms with Gasteiger partial charge >= 0.3 is 6.16 Å². The minimum atomic E-state index is -0.826. The standard InChI is InChI=1S/C25H31N7O5/c1-5-35-16-10-17(22-18-12-27-28-23(18)29-32(22)13-16)15-6-7-21(26-11-15)31-9-8-19(20(33)14-31)30-37-24(34)36-25(2,3)4/h6-7,10-13,19-20,30,33H,5,8-9,14H2,1-4H3,(H,28,29)/t19-,20+/m0/s1. The topological polar surface area (TPSA) is 139 Å². The number of hydrogen-bond acceptors (Lipinski definition) is 10. The Kier molecular flexibility index (Phi) is 6.61. The zero-order chi connectivity index (χ0) is 26.2. The van der Waals surface area contributed by atoms with E-state index >= 15 is 0 Å². The number of aromatic nitrogens is 5. The molecule has 1 fully saturated rings. The Balaban J connectivity index is 1.30. The second kappa shape index (κ2) is 9.87. The average Bonchev–Trinajstić information content (AvgIpc) is 3.43. The largest absolute Gasteiger partial charge is 0.528 e. The second-order valence-electron chi connectivity index (χ2n) is 9.95. The first-order valence-electron chi connectivity index (χ1n) is 12.2. The highest BCUT2D eigenvalue weighted by Gasteiger charge is 2.30. The van der Waals surface area contributed by atoms with Gasteiger partial charge in [0.2, 0.25) is 0 Å². The molecule has 37 heavy (non-hydrogen) atoms. The average molecular weight is 510 g/mol. The summed E-state index contributed by atoms with van der Waals surface area (Å²) in [7, 11) is 0. The summed E-state index contributed by atoms with van der Waals surface area (Å²) < 4.78 is 12.7. The van der Waals surface area contributed by atoms with Crippen LogP contribution in [-0.4, -0.2) is 73.5 Å². The van der Waals surface area contributed by atoms with E-state index in [1.54, 1.807) is 31.5 Å². The molecule has 1 aliphatic rings. The van der Waals surface area contributed by atoms with Gasteiger partial charge in [0, 0.05) is 30.4 Å². The Hall–Kier alpha value is -3.90. The fourth-order valence-corrected chi connectivity index (χ4v) is 4.41. The molecule has 4 aromatic heterocycles. The van der Waals surface area contributed by atoms with Crippen molar-refractivity contribution >= 4 is 28.5 Å². The first-order valence-corrected chi connectivity index (χ1v) is 12.2. The molecule has 3 N–H and O–H groups in total. The summed E-state index contributed by atoms with van der Waals surface area (Å²) >= 11 is 0. The van der Waals surface area contributed by atoms with Gasteiger partial charge in [0.05, 0.1) is 42.0 Å². The number of ether oxygens (including phenoxy) is 2. The van der Waals surface area contributed by atoms with E-state index < -0.39 is 23.9 Å². The van der Waals surface area contributed by atoms with Gasteiger partial charge in [0.1, 0.15) is 17.2 Å². The number of nitrogens with zero attached hydrogens (tertiary/aromatic N) is 5. The van der Waals surface area contributed by atoms with Gasteiger partial charge < -0.3 is 24.3 Å². The molecule has 196 valence electrons. The van der Waals surface area contributed by atoms with E-state index in [9.17, 15) is 9.90 Å². The fraction of sp³-hybridized carbons (Fsp3) is 0.440. The summed E-state index contributed by atoms with van der Waals surface area (Å²) in [5, 5.41) is 23.1. The van der Waals surface area contributed by atoms with Crippen molar-refractivity contribution in [1.82, 2.24) is 30.3 Å². The predicted molar refractivity (Wildman–Crippen MR) is 136 cm³/mol. The molecule has 4 aromatic rings. The Labute approximate surface area is 213 Å². The molecule has 0 bridgehead atoms. The van der Waals surface area contributed by atoms with Crippen molar-refractivity contribution in [2.45, 2.75) is 51.9 Å². The lowest BCUT2D eigenvalue weighted by Crippen LogP contribution is -2.53. The van der Waals surface area contributed by atoms with Crippen LogP contribution in [0.3, 0.4) is 0 Å². The van der Waals surface area contributed by atoms with E-state index in [0.29, 0.717) is 37.5 Å². The molecule has 0 aromatic carbocycles. The number of aromatic amines is 1.